The van der Waals surface area contributed by atoms with Crippen molar-refractivity contribution in [2.45, 2.75) is 0 Å². The summed E-state index contributed by atoms with van der Waals surface area (Å²) in [5, 5.41) is 11.8. The molecule has 0 aliphatic carbocycles. The number of nitro groups is 1. The molecule has 0 amide bonds. The van der Waals surface area contributed by atoms with Gasteiger partial charge in [0.15, 0.2) is 11.5 Å². The SMILES string of the molecule is COc1cc([N+](=O)[O-])c(Br)c(-c2nc3ccccc3c(=O)[nH]2)c1OC. The van der Waals surface area contributed by atoms with Gasteiger partial charge in [-0.1, -0.05) is 12.1 Å². The second-order valence-corrected chi connectivity index (χ2v) is 5.80. The summed E-state index contributed by atoms with van der Waals surface area (Å²) in [4.78, 5) is 30.2. The average Bonchev–Trinajstić information content (AvgIpc) is 2.60. The van der Waals surface area contributed by atoms with E-state index in [2.05, 4.69) is 25.9 Å². The number of aromatic nitrogens is 2. The minimum atomic E-state index is -0.561. The lowest BCUT2D eigenvalue weighted by Gasteiger charge is -2.14. The number of nitrogens with one attached hydrogen (secondary N) is 1. The molecule has 128 valence electrons. The van der Waals surface area contributed by atoms with Crippen LogP contribution in [0.1, 0.15) is 0 Å². The minimum absolute atomic E-state index is 0.133. The molecule has 0 saturated heterocycles. The fraction of sp³-hybridized carbons (Fsp3) is 0.125. The van der Waals surface area contributed by atoms with Gasteiger partial charge in [-0.3, -0.25) is 14.9 Å². The molecular weight excluding hydrogens is 394 g/mol. The summed E-state index contributed by atoms with van der Waals surface area (Å²) in [6.45, 7) is 0. The Hall–Kier alpha value is -2.94. The lowest BCUT2D eigenvalue weighted by Crippen LogP contribution is -2.10. The standard InChI is InChI=1S/C16H12BrN3O5/c1-24-11-7-10(20(22)23)13(17)12(14(11)25-2)15-18-9-6-4-3-5-8(9)16(21)19-15/h3-7H,1-2H3,(H,18,19,21). The highest BCUT2D eigenvalue weighted by Crippen LogP contribution is 2.46. The molecular formula is C16H12BrN3O5. The van der Waals surface area contributed by atoms with Gasteiger partial charge in [0.1, 0.15) is 10.3 Å². The Morgan fingerprint density at radius 1 is 1.24 bits per heavy atom. The molecule has 0 bridgehead atoms. The number of rotatable bonds is 4. The van der Waals surface area contributed by atoms with Crippen LogP contribution in [0.3, 0.4) is 0 Å². The first-order chi connectivity index (χ1) is 12.0. The van der Waals surface area contributed by atoms with E-state index in [1.165, 1.54) is 20.3 Å². The molecule has 9 heteroatoms. The molecule has 1 aromatic heterocycles. The smallest absolute Gasteiger partial charge is 0.288 e. The van der Waals surface area contributed by atoms with Gasteiger partial charge in [0.05, 0.1) is 41.7 Å². The molecule has 0 aliphatic rings. The second kappa shape index (κ2) is 6.52. The molecule has 0 atom stereocenters. The zero-order valence-electron chi connectivity index (χ0n) is 13.2. The van der Waals surface area contributed by atoms with E-state index in [0.29, 0.717) is 10.9 Å². The number of ether oxygens (including phenoxy) is 2. The number of nitro benzene ring substituents is 1. The monoisotopic (exact) mass is 405 g/mol. The van der Waals surface area contributed by atoms with Gasteiger partial charge in [0.25, 0.3) is 11.2 Å². The normalized spacial score (nSPS) is 10.7. The van der Waals surface area contributed by atoms with Crippen LogP contribution in [0.5, 0.6) is 11.5 Å². The van der Waals surface area contributed by atoms with Crippen LogP contribution in [-0.4, -0.2) is 29.1 Å². The van der Waals surface area contributed by atoms with Gasteiger partial charge in [-0.15, -0.1) is 0 Å². The lowest BCUT2D eigenvalue weighted by molar-refractivity contribution is -0.385. The Labute approximate surface area is 149 Å². The molecule has 25 heavy (non-hydrogen) atoms. The summed E-state index contributed by atoms with van der Waals surface area (Å²) in [5.74, 6) is 0.510. The van der Waals surface area contributed by atoms with E-state index in [-0.39, 0.29) is 38.6 Å². The zero-order chi connectivity index (χ0) is 18.1. The molecule has 8 nitrogen and oxygen atoms in total. The van der Waals surface area contributed by atoms with E-state index in [1.54, 1.807) is 24.3 Å². The summed E-state index contributed by atoms with van der Waals surface area (Å²) in [6.07, 6.45) is 0. The second-order valence-electron chi connectivity index (χ2n) is 5.01. The van der Waals surface area contributed by atoms with Gasteiger partial charge in [-0.05, 0) is 28.1 Å². The van der Waals surface area contributed by atoms with Gasteiger partial charge in [0, 0.05) is 0 Å². The number of hydrogen-bond acceptors (Lipinski definition) is 6. The molecule has 0 radical (unpaired) electrons. The summed E-state index contributed by atoms with van der Waals surface area (Å²) in [5.41, 5.74) is 0.0977. The molecule has 0 unspecified atom stereocenters. The molecule has 0 saturated carbocycles. The number of nitrogens with zero attached hydrogens (tertiary/aromatic N) is 2. The first-order valence-electron chi connectivity index (χ1n) is 7.06. The van der Waals surface area contributed by atoms with E-state index in [1.807, 2.05) is 0 Å². The Morgan fingerprint density at radius 2 is 1.96 bits per heavy atom. The third-order valence-electron chi connectivity index (χ3n) is 3.63. The van der Waals surface area contributed by atoms with Crippen molar-refractivity contribution < 1.29 is 14.4 Å². The number of benzene rings is 2. The van der Waals surface area contributed by atoms with Crippen molar-refractivity contribution >= 4 is 32.5 Å². The number of para-hydroxylation sites is 1. The molecule has 2 aromatic carbocycles. The first-order valence-corrected chi connectivity index (χ1v) is 7.85. The van der Waals surface area contributed by atoms with Gasteiger partial charge in [0.2, 0.25) is 0 Å². The third kappa shape index (κ3) is 2.82. The van der Waals surface area contributed by atoms with Crippen molar-refractivity contribution in [1.82, 2.24) is 9.97 Å². The molecule has 1 heterocycles. The summed E-state index contributed by atoms with van der Waals surface area (Å²) in [6, 6.07) is 8.05. The van der Waals surface area contributed by atoms with Crippen molar-refractivity contribution in [1.29, 1.82) is 0 Å². The van der Waals surface area contributed by atoms with Crippen molar-refractivity contribution in [2.24, 2.45) is 0 Å². The molecule has 0 aliphatic heterocycles. The van der Waals surface area contributed by atoms with Crippen molar-refractivity contribution in [2.75, 3.05) is 14.2 Å². The van der Waals surface area contributed by atoms with Crippen LogP contribution in [0.4, 0.5) is 5.69 Å². The maximum atomic E-state index is 12.3. The largest absolute Gasteiger partial charge is 0.493 e. The van der Waals surface area contributed by atoms with Crippen LogP contribution < -0.4 is 15.0 Å². The molecule has 3 rings (SSSR count). The van der Waals surface area contributed by atoms with Crippen molar-refractivity contribution in [3.63, 3.8) is 0 Å². The van der Waals surface area contributed by atoms with Crippen LogP contribution >= 0.6 is 15.9 Å². The maximum absolute atomic E-state index is 12.3. The van der Waals surface area contributed by atoms with Gasteiger partial charge >= 0.3 is 0 Å². The Kier molecular flexibility index (Phi) is 4.41. The number of aromatic amines is 1. The average molecular weight is 406 g/mol. The zero-order valence-corrected chi connectivity index (χ0v) is 14.8. The first kappa shape index (κ1) is 16.9. The molecule has 0 fully saturated rings. The summed E-state index contributed by atoms with van der Waals surface area (Å²) in [7, 11) is 2.77. The van der Waals surface area contributed by atoms with Gasteiger partial charge in [-0.2, -0.15) is 0 Å². The van der Waals surface area contributed by atoms with Crippen LogP contribution in [0.15, 0.2) is 39.6 Å². The highest BCUT2D eigenvalue weighted by Gasteiger charge is 2.27. The van der Waals surface area contributed by atoms with Crippen LogP contribution in [-0.2, 0) is 0 Å². The number of fused-ring (bicyclic) bond motifs is 1. The highest BCUT2D eigenvalue weighted by atomic mass is 79.9. The van der Waals surface area contributed by atoms with Crippen LogP contribution in [0, 0.1) is 10.1 Å². The van der Waals surface area contributed by atoms with E-state index >= 15 is 0 Å². The quantitative estimate of drug-likeness (QED) is 0.526. The van der Waals surface area contributed by atoms with E-state index in [0.717, 1.165) is 0 Å². The maximum Gasteiger partial charge on any atom is 0.288 e. The highest BCUT2D eigenvalue weighted by molar-refractivity contribution is 9.10. The van der Waals surface area contributed by atoms with Crippen molar-refractivity contribution in [3.8, 4) is 22.9 Å². The third-order valence-corrected chi connectivity index (χ3v) is 4.44. The Morgan fingerprint density at radius 3 is 2.60 bits per heavy atom. The molecule has 3 aromatic rings. The summed E-state index contributed by atoms with van der Waals surface area (Å²) < 4.78 is 10.7. The number of H-pyrrole nitrogens is 1. The minimum Gasteiger partial charge on any atom is -0.493 e. The predicted molar refractivity (Wildman–Crippen MR) is 95.3 cm³/mol. The Bertz CT molecular complexity index is 1050. The molecule has 1 N–H and O–H groups in total. The summed E-state index contributed by atoms with van der Waals surface area (Å²) >= 11 is 3.22. The molecule has 0 spiro atoms. The number of hydrogen-bond donors (Lipinski definition) is 1. The fourth-order valence-electron chi connectivity index (χ4n) is 2.51. The fourth-order valence-corrected chi connectivity index (χ4v) is 3.13. The van der Waals surface area contributed by atoms with Gasteiger partial charge < -0.3 is 14.5 Å². The van der Waals surface area contributed by atoms with E-state index < -0.39 is 4.92 Å². The topological polar surface area (TPSA) is 107 Å². The van der Waals surface area contributed by atoms with E-state index in [9.17, 15) is 14.9 Å². The predicted octanol–water partition coefficient (Wildman–Crippen LogP) is 3.28. The van der Waals surface area contributed by atoms with Crippen LogP contribution in [0.2, 0.25) is 0 Å². The van der Waals surface area contributed by atoms with Crippen LogP contribution in [0.25, 0.3) is 22.3 Å². The Balaban J connectivity index is 2.42. The lowest BCUT2D eigenvalue weighted by atomic mass is 10.1. The number of methoxy groups -OCH3 is 2. The number of halogens is 1. The van der Waals surface area contributed by atoms with E-state index in [4.69, 9.17) is 9.47 Å². The van der Waals surface area contributed by atoms with Crippen molar-refractivity contribution in [3.05, 3.63) is 55.3 Å². The van der Waals surface area contributed by atoms with Gasteiger partial charge in [-0.25, -0.2) is 4.98 Å².